The first-order valence-corrected chi connectivity index (χ1v) is 7.05. The number of hydrogen-bond donors (Lipinski definition) is 1. The first-order chi connectivity index (χ1) is 9.47. The smallest absolute Gasteiger partial charge is 0.227 e. The minimum Gasteiger partial charge on any atom is -0.497 e. The van der Waals surface area contributed by atoms with E-state index in [0.717, 1.165) is 17.7 Å². The van der Waals surface area contributed by atoms with Crippen molar-refractivity contribution in [2.24, 2.45) is 17.6 Å². The monoisotopic (exact) mass is 278 g/mol. The lowest BCUT2D eigenvalue weighted by atomic mass is 9.96. The van der Waals surface area contributed by atoms with Crippen LogP contribution in [0.2, 0.25) is 0 Å². The van der Waals surface area contributed by atoms with Gasteiger partial charge in [0.1, 0.15) is 5.75 Å². The van der Waals surface area contributed by atoms with E-state index in [1.54, 1.807) is 12.0 Å². The molecule has 1 aromatic carbocycles. The van der Waals surface area contributed by atoms with Crippen molar-refractivity contribution in [3.63, 3.8) is 0 Å². The van der Waals surface area contributed by atoms with Gasteiger partial charge in [-0.3, -0.25) is 4.79 Å². The Hall–Kier alpha value is -1.55. The lowest BCUT2D eigenvalue weighted by Gasteiger charge is -2.24. The summed E-state index contributed by atoms with van der Waals surface area (Å²) in [7, 11) is 3.46. The molecule has 0 saturated carbocycles. The van der Waals surface area contributed by atoms with E-state index in [4.69, 9.17) is 10.5 Å². The molecule has 20 heavy (non-hydrogen) atoms. The van der Waals surface area contributed by atoms with Gasteiger partial charge in [-0.2, -0.15) is 0 Å². The second kappa shape index (κ2) is 7.90. The topological polar surface area (TPSA) is 55.6 Å². The van der Waals surface area contributed by atoms with Gasteiger partial charge in [0, 0.05) is 20.1 Å². The zero-order valence-electron chi connectivity index (χ0n) is 12.9. The average molecular weight is 278 g/mol. The van der Waals surface area contributed by atoms with E-state index >= 15 is 0 Å². The fraction of sp³-hybridized carbons (Fsp3) is 0.562. The molecular formula is C16H26N2O2. The average Bonchev–Trinajstić information content (AvgIpc) is 2.43. The standard InChI is InChI=1S/C16H26N2O2/c1-12(2)8-14(10-17)16(19)18(3)11-13-6-5-7-15(9-13)20-4/h5-7,9,12,14H,8,10-11,17H2,1-4H3. The summed E-state index contributed by atoms with van der Waals surface area (Å²) in [6.07, 6.45) is 0.831. The SMILES string of the molecule is COc1cccc(CN(C)C(=O)C(CN)CC(C)C)c1. The Morgan fingerprint density at radius 3 is 2.65 bits per heavy atom. The van der Waals surface area contributed by atoms with Gasteiger partial charge in [-0.15, -0.1) is 0 Å². The van der Waals surface area contributed by atoms with Crippen molar-refractivity contribution in [2.45, 2.75) is 26.8 Å². The second-order valence-electron chi connectivity index (χ2n) is 5.61. The van der Waals surface area contributed by atoms with Gasteiger partial charge in [0.05, 0.1) is 13.0 Å². The Morgan fingerprint density at radius 2 is 2.10 bits per heavy atom. The molecule has 0 spiro atoms. The molecule has 0 aliphatic carbocycles. The van der Waals surface area contributed by atoms with Crippen LogP contribution in [0.25, 0.3) is 0 Å². The molecule has 4 nitrogen and oxygen atoms in total. The van der Waals surface area contributed by atoms with E-state index in [1.165, 1.54) is 0 Å². The summed E-state index contributed by atoms with van der Waals surface area (Å²) in [5.74, 6) is 1.30. The maximum Gasteiger partial charge on any atom is 0.227 e. The summed E-state index contributed by atoms with van der Waals surface area (Å²) in [5, 5.41) is 0. The van der Waals surface area contributed by atoms with Crippen molar-refractivity contribution in [1.82, 2.24) is 4.90 Å². The van der Waals surface area contributed by atoms with E-state index in [1.807, 2.05) is 31.3 Å². The quantitative estimate of drug-likeness (QED) is 0.832. The maximum atomic E-state index is 12.4. The van der Waals surface area contributed by atoms with Crippen LogP contribution in [0, 0.1) is 11.8 Å². The minimum atomic E-state index is -0.0920. The molecule has 0 heterocycles. The summed E-state index contributed by atoms with van der Waals surface area (Å²) in [6.45, 7) is 5.19. The molecule has 0 saturated heterocycles. The maximum absolute atomic E-state index is 12.4. The van der Waals surface area contributed by atoms with Gasteiger partial charge in [-0.1, -0.05) is 26.0 Å². The van der Waals surface area contributed by atoms with Crippen LogP contribution in [0.5, 0.6) is 5.75 Å². The van der Waals surface area contributed by atoms with Crippen molar-refractivity contribution >= 4 is 5.91 Å². The van der Waals surface area contributed by atoms with E-state index in [0.29, 0.717) is 19.0 Å². The van der Waals surface area contributed by atoms with Crippen LogP contribution in [-0.2, 0) is 11.3 Å². The minimum absolute atomic E-state index is 0.0920. The third-order valence-corrected chi connectivity index (χ3v) is 3.32. The van der Waals surface area contributed by atoms with Crippen LogP contribution in [0.1, 0.15) is 25.8 Å². The summed E-state index contributed by atoms with van der Waals surface area (Å²) in [5.41, 5.74) is 6.79. The number of carbonyl (C=O) groups excluding carboxylic acids is 1. The number of nitrogens with two attached hydrogens (primary N) is 1. The molecular weight excluding hydrogens is 252 g/mol. The van der Waals surface area contributed by atoms with Crippen LogP contribution in [0.15, 0.2) is 24.3 Å². The zero-order chi connectivity index (χ0) is 15.1. The van der Waals surface area contributed by atoms with Crippen LogP contribution >= 0.6 is 0 Å². The van der Waals surface area contributed by atoms with E-state index in [9.17, 15) is 4.79 Å². The highest BCUT2D eigenvalue weighted by Gasteiger charge is 2.21. The third-order valence-electron chi connectivity index (χ3n) is 3.32. The largest absolute Gasteiger partial charge is 0.497 e. The summed E-state index contributed by atoms with van der Waals surface area (Å²) in [4.78, 5) is 14.1. The molecule has 2 N–H and O–H groups in total. The van der Waals surface area contributed by atoms with Crippen LogP contribution in [0.3, 0.4) is 0 Å². The third kappa shape index (κ3) is 4.85. The van der Waals surface area contributed by atoms with Crippen LogP contribution in [0.4, 0.5) is 0 Å². The van der Waals surface area contributed by atoms with E-state index in [2.05, 4.69) is 13.8 Å². The molecule has 4 heteroatoms. The number of methoxy groups -OCH3 is 1. The van der Waals surface area contributed by atoms with Gasteiger partial charge >= 0.3 is 0 Å². The molecule has 1 aromatic rings. The highest BCUT2D eigenvalue weighted by molar-refractivity contribution is 5.78. The van der Waals surface area contributed by atoms with Gasteiger partial charge in [0.25, 0.3) is 0 Å². The van der Waals surface area contributed by atoms with Gasteiger partial charge in [0.2, 0.25) is 5.91 Å². The first kappa shape index (κ1) is 16.5. The molecule has 0 fully saturated rings. The normalized spacial score (nSPS) is 12.3. The van der Waals surface area contributed by atoms with Gasteiger partial charge < -0.3 is 15.4 Å². The van der Waals surface area contributed by atoms with Crippen LogP contribution < -0.4 is 10.5 Å². The molecule has 1 rings (SSSR count). The fourth-order valence-electron chi connectivity index (χ4n) is 2.30. The van der Waals surface area contributed by atoms with Crippen molar-refractivity contribution in [3.8, 4) is 5.75 Å². The summed E-state index contributed by atoms with van der Waals surface area (Å²) in [6, 6.07) is 7.77. The lowest BCUT2D eigenvalue weighted by molar-refractivity contribution is -0.134. The Morgan fingerprint density at radius 1 is 1.40 bits per heavy atom. The van der Waals surface area contributed by atoms with Gasteiger partial charge in [-0.25, -0.2) is 0 Å². The van der Waals surface area contributed by atoms with E-state index < -0.39 is 0 Å². The van der Waals surface area contributed by atoms with Crippen molar-refractivity contribution in [2.75, 3.05) is 20.7 Å². The first-order valence-electron chi connectivity index (χ1n) is 7.05. The number of nitrogens with zero attached hydrogens (tertiary/aromatic N) is 1. The van der Waals surface area contributed by atoms with Gasteiger partial charge in [-0.05, 0) is 30.0 Å². The molecule has 1 amide bonds. The molecule has 0 aromatic heterocycles. The molecule has 1 atom stereocenters. The molecule has 0 aliphatic rings. The Balaban J connectivity index is 2.68. The number of rotatable bonds is 7. The Kier molecular flexibility index (Phi) is 6.52. The van der Waals surface area contributed by atoms with Gasteiger partial charge in [0.15, 0.2) is 0 Å². The predicted octanol–water partition coefficient (Wildman–Crippen LogP) is 2.27. The summed E-state index contributed by atoms with van der Waals surface area (Å²) >= 11 is 0. The highest BCUT2D eigenvalue weighted by atomic mass is 16.5. The van der Waals surface area contributed by atoms with Crippen molar-refractivity contribution < 1.29 is 9.53 Å². The molecule has 1 unspecified atom stereocenters. The Labute approximate surface area is 121 Å². The van der Waals surface area contributed by atoms with Crippen molar-refractivity contribution in [3.05, 3.63) is 29.8 Å². The number of amides is 1. The van der Waals surface area contributed by atoms with Crippen molar-refractivity contribution in [1.29, 1.82) is 0 Å². The van der Waals surface area contributed by atoms with E-state index in [-0.39, 0.29) is 11.8 Å². The molecule has 0 bridgehead atoms. The number of ether oxygens (including phenoxy) is 1. The molecule has 0 radical (unpaired) electrons. The zero-order valence-corrected chi connectivity index (χ0v) is 12.9. The van der Waals surface area contributed by atoms with Crippen LogP contribution in [-0.4, -0.2) is 31.5 Å². The highest BCUT2D eigenvalue weighted by Crippen LogP contribution is 2.17. The number of carbonyl (C=O) groups is 1. The second-order valence-corrected chi connectivity index (χ2v) is 5.61. The summed E-state index contributed by atoms with van der Waals surface area (Å²) < 4.78 is 5.19. The molecule has 112 valence electrons. The fourth-order valence-corrected chi connectivity index (χ4v) is 2.30. The molecule has 0 aliphatic heterocycles. The number of benzene rings is 1. The predicted molar refractivity (Wildman–Crippen MR) is 81.5 cm³/mol. The Bertz CT molecular complexity index is 432. The lowest BCUT2D eigenvalue weighted by Crippen LogP contribution is -2.37. The number of hydrogen-bond acceptors (Lipinski definition) is 3.